The van der Waals surface area contributed by atoms with Crippen molar-refractivity contribution in [2.75, 3.05) is 20.6 Å². The van der Waals surface area contributed by atoms with E-state index in [1.54, 1.807) is 0 Å². The lowest BCUT2D eigenvalue weighted by molar-refractivity contribution is 0.264. The summed E-state index contributed by atoms with van der Waals surface area (Å²) in [5, 5.41) is 10.0. The van der Waals surface area contributed by atoms with Gasteiger partial charge in [0.05, 0.1) is 11.0 Å². The van der Waals surface area contributed by atoms with Crippen LogP contribution in [0.2, 0.25) is 5.02 Å². The van der Waals surface area contributed by atoms with Gasteiger partial charge in [-0.1, -0.05) is 11.6 Å². The molecular formula is C13H18ClN3O. The third-order valence-electron chi connectivity index (χ3n) is 2.92. The maximum absolute atomic E-state index is 9.37. The molecule has 0 spiro atoms. The molecule has 0 aliphatic rings. The van der Waals surface area contributed by atoms with Crippen LogP contribution in [0.1, 0.15) is 12.2 Å². The van der Waals surface area contributed by atoms with E-state index in [0.29, 0.717) is 10.8 Å². The SMILES string of the molecule is CN(C)CCCn1c(CO)nc2cc(Cl)ccc21. The summed E-state index contributed by atoms with van der Waals surface area (Å²) in [5.74, 6) is 0.700. The van der Waals surface area contributed by atoms with E-state index < -0.39 is 0 Å². The highest BCUT2D eigenvalue weighted by molar-refractivity contribution is 6.31. The van der Waals surface area contributed by atoms with E-state index in [2.05, 4.69) is 28.5 Å². The maximum Gasteiger partial charge on any atom is 0.135 e. The van der Waals surface area contributed by atoms with Gasteiger partial charge in [0.2, 0.25) is 0 Å². The van der Waals surface area contributed by atoms with Crippen LogP contribution >= 0.6 is 11.6 Å². The molecule has 2 rings (SSSR count). The van der Waals surface area contributed by atoms with Gasteiger partial charge in [-0.15, -0.1) is 0 Å². The average molecular weight is 268 g/mol. The summed E-state index contributed by atoms with van der Waals surface area (Å²) < 4.78 is 2.06. The maximum atomic E-state index is 9.37. The van der Waals surface area contributed by atoms with Crippen LogP contribution in [0, 0.1) is 0 Å². The van der Waals surface area contributed by atoms with Crippen molar-refractivity contribution in [1.82, 2.24) is 14.5 Å². The van der Waals surface area contributed by atoms with Crippen LogP contribution in [-0.4, -0.2) is 40.2 Å². The van der Waals surface area contributed by atoms with Gasteiger partial charge in [-0.25, -0.2) is 4.98 Å². The van der Waals surface area contributed by atoms with Crippen molar-refractivity contribution in [3.63, 3.8) is 0 Å². The summed E-state index contributed by atoms with van der Waals surface area (Å²) in [7, 11) is 4.11. The first-order chi connectivity index (χ1) is 8.61. The predicted molar refractivity (Wildman–Crippen MR) is 73.8 cm³/mol. The number of rotatable bonds is 5. The minimum atomic E-state index is -0.0474. The number of aliphatic hydroxyl groups is 1. The van der Waals surface area contributed by atoms with Gasteiger partial charge in [-0.05, 0) is 45.3 Å². The van der Waals surface area contributed by atoms with Gasteiger partial charge >= 0.3 is 0 Å². The zero-order chi connectivity index (χ0) is 13.1. The molecule has 1 aromatic carbocycles. The van der Waals surface area contributed by atoms with Crippen molar-refractivity contribution < 1.29 is 5.11 Å². The molecule has 0 saturated carbocycles. The molecule has 0 radical (unpaired) electrons. The molecule has 1 N–H and O–H groups in total. The molecular weight excluding hydrogens is 250 g/mol. The van der Waals surface area contributed by atoms with E-state index in [9.17, 15) is 5.11 Å². The van der Waals surface area contributed by atoms with Crippen molar-refractivity contribution in [2.24, 2.45) is 0 Å². The van der Waals surface area contributed by atoms with Crippen LogP contribution in [0.5, 0.6) is 0 Å². The molecule has 0 fully saturated rings. The van der Waals surface area contributed by atoms with Crippen molar-refractivity contribution in [3.8, 4) is 0 Å². The standard InChI is InChI=1S/C13H18ClN3O/c1-16(2)6-3-7-17-12-5-4-10(14)8-11(12)15-13(17)9-18/h4-5,8,18H,3,6-7,9H2,1-2H3. The first-order valence-electron chi connectivity index (χ1n) is 6.02. The number of imidazole rings is 1. The molecule has 1 heterocycles. The number of halogens is 1. The fraction of sp³-hybridized carbons (Fsp3) is 0.462. The van der Waals surface area contributed by atoms with Crippen LogP contribution in [0.15, 0.2) is 18.2 Å². The van der Waals surface area contributed by atoms with Gasteiger partial charge in [0.1, 0.15) is 12.4 Å². The quantitative estimate of drug-likeness (QED) is 0.902. The molecule has 4 nitrogen and oxygen atoms in total. The first kappa shape index (κ1) is 13.3. The molecule has 1 aromatic heterocycles. The lowest BCUT2D eigenvalue weighted by Gasteiger charge is -2.11. The minimum absolute atomic E-state index is 0.0474. The van der Waals surface area contributed by atoms with Gasteiger partial charge in [0.15, 0.2) is 0 Å². The van der Waals surface area contributed by atoms with Crippen LogP contribution in [0.3, 0.4) is 0 Å². The number of aliphatic hydroxyl groups excluding tert-OH is 1. The zero-order valence-corrected chi connectivity index (χ0v) is 11.5. The van der Waals surface area contributed by atoms with E-state index in [4.69, 9.17) is 11.6 Å². The summed E-state index contributed by atoms with van der Waals surface area (Å²) in [6.45, 7) is 1.82. The van der Waals surface area contributed by atoms with E-state index in [1.807, 2.05) is 18.2 Å². The van der Waals surface area contributed by atoms with Gasteiger partial charge < -0.3 is 14.6 Å². The van der Waals surface area contributed by atoms with E-state index in [0.717, 1.165) is 30.5 Å². The Morgan fingerprint density at radius 2 is 2.17 bits per heavy atom. The fourth-order valence-corrected chi connectivity index (χ4v) is 2.23. The molecule has 0 saturated heterocycles. The number of benzene rings is 1. The topological polar surface area (TPSA) is 41.3 Å². The first-order valence-corrected chi connectivity index (χ1v) is 6.40. The minimum Gasteiger partial charge on any atom is -0.388 e. The highest BCUT2D eigenvalue weighted by atomic mass is 35.5. The van der Waals surface area contributed by atoms with Crippen LogP contribution in [0.4, 0.5) is 0 Å². The van der Waals surface area contributed by atoms with Gasteiger partial charge in [-0.3, -0.25) is 0 Å². The summed E-state index contributed by atoms with van der Waals surface area (Å²) in [6.07, 6.45) is 1.02. The third-order valence-corrected chi connectivity index (χ3v) is 3.15. The Morgan fingerprint density at radius 1 is 1.39 bits per heavy atom. The molecule has 5 heteroatoms. The normalized spacial score (nSPS) is 11.6. The molecule has 0 unspecified atom stereocenters. The van der Waals surface area contributed by atoms with E-state index in [1.165, 1.54) is 0 Å². The summed E-state index contributed by atoms with van der Waals surface area (Å²) in [4.78, 5) is 6.55. The highest BCUT2D eigenvalue weighted by Crippen LogP contribution is 2.21. The van der Waals surface area contributed by atoms with Crippen molar-refractivity contribution in [1.29, 1.82) is 0 Å². The number of hydrogen-bond donors (Lipinski definition) is 1. The Kier molecular flexibility index (Phi) is 4.22. The Morgan fingerprint density at radius 3 is 2.83 bits per heavy atom. The monoisotopic (exact) mass is 267 g/mol. The molecule has 98 valence electrons. The molecule has 0 aliphatic carbocycles. The van der Waals surface area contributed by atoms with Crippen molar-refractivity contribution in [2.45, 2.75) is 19.6 Å². The smallest absolute Gasteiger partial charge is 0.135 e. The number of nitrogens with zero attached hydrogens (tertiary/aromatic N) is 3. The predicted octanol–water partition coefficient (Wildman–Crippen LogP) is 2.13. The van der Waals surface area contributed by atoms with Gasteiger partial charge in [0, 0.05) is 11.6 Å². The van der Waals surface area contributed by atoms with Crippen LogP contribution < -0.4 is 0 Å². The molecule has 0 atom stereocenters. The van der Waals surface area contributed by atoms with Crippen molar-refractivity contribution >= 4 is 22.6 Å². The number of aromatic nitrogens is 2. The number of fused-ring (bicyclic) bond motifs is 1. The molecule has 0 amide bonds. The average Bonchev–Trinajstić information content (AvgIpc) is 2.66. The van der Waals surface area contributed by atoms with Crippen molar-refractivity contribution in [3.05, 3.63) is 29.0 Å². The third kappa shape index (κ3) is 2.83. The van der Waals surface area contributed by atoms with Gasteiger partial charge in [0.25, 0.3) is 0 Å². The van der Waals surface area contributed by atoms with Crippen LogP contribution in [-0.2, 0) is 13.2 Å². The van der Waals surface area contributed by atoms with E-state index in [-0.39, 0.29) is 6.61 Å². The molecule has 18 heavy (non-hydrogen) atoms. The largest absolute Gasteiger partial charge is 0.388 e. The highest BCUT2D eigenvalue weighted by Gasteiger charge is 2.09. The summed E-state index contributed by atoms with van der Waals surface area (Å²) in [5.41, 5.74) is 1.87. The van der Waals surface area contributed by atoms with E-state index >= 15 is 0 Å². The second kappa shape index (κ2) is 5.69. The molecule has 0 bridgehead atoms. The number of aryl methyl sites for hydroxylation is 1. The molecule has 2 aromatic rings. The Labute approximate surface area is 112 Å². The summed E-state index contributed by atoms with van der Waals surface area (Å²) >= 11 is 5.95. The van der Waals surface area contributed by atoms with Crippen LogP contribution in [0.25, 0.3) is 11.0 Å². The number of hydrogen-bond acceptors (Lipinski definition) is 3. The lowest BCUT2D eigenvalue weighted by Crippen LogP contribution is -2.15. The summed E-state index contributed by atoms with van der Waals surface area (Å²) in [6, 6.07) is 5.65. The fourth-order valence-electron chi connectivity index (χ4n) is 2.07. The Bertz CT molecular complexity index is 536. The zero-order valence-electron chi connectivity index (χ0n) is 10.7. The lowest BCUT2D eigenvalue weighted by atomic mass is 10.3. The Hall–Kier alpha value is -1.10. The Balaban J connectivity index is 2.29. The second-order valence-corrected chi connectivity index (χ2v) is 5.06. The second-order valence-electron chi connectivity index (χ2n) is 4.63. The molecule has 0 aliphatic heterocycles. The van der Waals surface area contributed by atoms with Gasteiger partial charge in [-0.2, -0.15) is 0 Å².